The predicted molar refractivity (Wildman–Crippen MR) is 62.4 cm³/mol. The topological polar surface area (TPSA) is 93.1 Å². The lowest BCUT2D eigenvalue weighted by atomic mass is 10.4. The SMILES string of the molecule is CCCN(CC)c1cc(NN)nc(N)n1. The number of hydrogen-bond donors (Lipinski definition) is 3. The summed E-state index contributed by atoms with van der Waals surface area (Å²) in [7, 11) is 0. The fourth-order valence-electron chi connectivity index (χ4n) is 1.39. The second kappa shape index (κ2) is 5.35. The number of hydrazine groups is 1. The van der Waals surface area contributed by atoms with Crippen LogP contribution in [0.4, 0.5) is 17.6 Å². The summed E-state index contributed by atoms with van der Waals surface area (Å²) in [6.07, 6.45) is 1.06. The van der Waals surface area contributed by atoms with Crippen LogP contribution in [0.5, 0.6) is 0 Å². The summed E-state index contributed by atoms with van der Waals surface area (Å²) >= 11 is 0. The van der Waals surface area contributed by atoms with E-state index in [1.54, 1.807) is 6.07 Å². The molecule has 1 aromatic rings. The minimum atomic E-state index is 0.231. The Hall–Kier alpha value is -1.56. The van der Waals surface area contributed by atoms with Crippen molar-refractivity contribution < 1.29 is 0 Å². The molecule has 15 heavy (non-hydrogen) atoms. The molecule has 5 N–H and O–H groups in total. The fraction of sp³-hybridized carbons (Fsp3) is 0.556. The number of nitrogen functional groups attached to an aromatic ring is 2. The molecule has 0 spiro atoms. The number of nitrogens with one attached hydrogen (secondary N) is 1. The van der Waals surface area contributed by atoms with Gasteiger partial charge in [0, 0.05) is 19.2 Å². The van der Waals surface area contributed by atoms with Gasteiger partial charge in [0.15, 0.2) is 0 Å². The first-order valence-corrected chi connectivity index (χ1v) is 5.07. The molecule has 1 rings (SSSR count). The van der Waals surface area contributed by atoms with Gasteiger partial charge in [0.1, 0.15) is 11.6 Å². The van der Waals surface area contributed by atoms with Crippen molar-refractivity contribution in [1.82, 2.24) is 9.97 Å². The molecule has 1 heterocycles. The van der Waals surface area contributed by atoms with Gasteiger partial charge in [-0.25, -0.2) is 5.84 Å². The third-order valence-corrected chi connectivity index (χ3v) is 2.08. The van der Waals surface area contributed by atoms with E-state index in [1.165, 1.54) is 0 Å². The maximum atomic E-state index is 5.58. The summed E-state index contributed by atoms with van der Waals surface area (Å²) in [4.78, 5) is 10.2. The van der Waals surface area contributed by atoms with Gasteiger partial charge in [0.05, 0.1) is 0 Å². The molecular formula is C9H18N6. The maximum Gasteiger partial charge on any atom is 0.223 e. The van der Waals surface area contributed by atoms with E-state index in [1.807, 2.05) is 0 Å². The molecule has 84 valence electrons. The van der Waals surface area contributed by atoms with E-state index < -0.39 is 0 Å². The highest BCUT2D eigenvalue weighted by molar-refractivity contribution is 5.51. The van der Waals surface area contributed by atoms with Crippen molar-refractivity contribution in [2.45, 2.75) is 20.3 Å². The zero-order valence-electron chi connectivity index (χ0n) is 9.20. The number of rotatable bonds is 5. The standard InChI is InChI=1S/C9H18N6/c1-3-5-15(4-2)8-6-7(14-11)12-9(10)13-8/h6H,3-5,11H2,1-2H3,(H3,10,12,13,14). The second-order valence-electron chi connectivity index (χ2n) is 3.19. The van der Waals surface area contributed by atoms with Crippen LogP contribution in [0.15, 0.2) is 6.07 Å². The van der Waals surface area contributed by atoms with Gasteiger partial charge >= 0.3 is 0 Å². The average molecular weight is 210 g/mol. The summed E-state index contributed by atoms with van der Waals surface area (Å²) in [5.41, 5.74) is 8.05. The highest BCUT2D eigenvalue weighted by atomic mass is 15.3. The zero-order valence-corrected chi connectivity index (χ0v) is 9.20. The average Bonchev–Trinajstić information content (AvgIpc) is 2.24. The molecule has 0 unspecified atom stereocenters. The quantitative estimate of drug-likeness (QED) is 0.486. The first-order valence-electron chi connectivity index (χ1n) is 5.07. The number of aromatic nitrogens is 2. The molecule has 0 aliphatic rings. The summed E-state index contributed by atoms with van der Waals surface area (Å²) in [6, 6.07) is 1.79. The van der Waals surface area contributed by atoms with Crippen molar-refractivity contribution in [2.75, 3.05) is 29.1 Å². The van der Waals surface area contributed by atoms with E-state index >= 15 is 0 Å². The van der Waals surface area contributed by atoms with Crippen molar-refractivity contribution in [3.8, 4) is 0 Å². The van der Waals surface area contributed by atoms with Crippen LogP contribution in [0.1, 0.15) is 20.3 Å². The van der Waals surface area contributed by atoms with Crippen LogP contribution < -0.4 is 21.9 Å². The van der Waals surface area contributed by atoms with Crippen LogP contribution in [0.2, 0.25) is 0 Å². The van der Waals surface area contributed by atoms with Gasteiger partial charge in [-0.15, -0.1) is 0 Å². The molecule has 0 aliphatic heterocycles. The molecule has 0 aliphatic carbocycles. The monoisotopic (exact) mass is 210 g/mol. The molecule has 0 saturated heterocycles. The van der Waals surface area contributed by atoms with E-state index in [0.29, 0.717) is 5.82 Å². The third-order valence-electron chi connectivity index (χ3n) is 2.08. The molecule has 6 heteroatoms. The first-order chi connectivity index (χ1) is 7.21. The molecule has 1 aromatic heterocycles. The summed E-state index contributed by atoms with van der Waals surface area (Å²) in [6.45, 7) is 6.02. The van der Waals surface area contributed by atoms with Crippen LogP contribution in [-0.4, -0.2) is 23.1 Å². The summed E-state index contributed by atoms with van der Waals surface area (Å²) in [5, 5.41) is 0. The number of hydrogen-bond acceptors (Lipinski definition) is 6. The highest BCUT2D eigenvalue weighted by Gasteiger charge is 2.07. The Kier molecular flexibility index (Phi) is 4.11. The number of anilines is 3. The number of nitrogens with zero attached hydrogens (tertiary/aromatic N) is 3. The van der Waals surface area contributed by atoms with Crippen molar-refractivity contribution in [3.05, 3.63) is 6.07 Å². The lowest BCUT2D eigenvalue weighted by Crippen LogP contribution is -2.25. The minimum Gasteiger partial charge on any atom is -0.368 e. The van der Waals surface area contributed by atoms with E-state index in [4.69, 9.17) is 11.6 Å². The molecule has 0 atom stereocenters. The number of nitrogens with two attached hydrogens (primary N) is 2. The lowest BCUT2D eigenvalue weighted by Gasteiger charge is -2.21. The largest absolute Gasteiger partial charge is 0.368 e. The van der Waals surface area contributed by atoms with E-state index in [2.05, 4.69) is 34.1 Å². The van der Waals surface area contributed by atoms with Crippen LogP contribution in [0, 0.1) is 0 Å². The zero-order chi connectivity index (χ0) is 11.3. The summed E-state index contributed by atoms with van der Waals surface area (Å²) in [5.74, 6) is 6.86. The van der Waals surface area contributed by atoms with Crippen molar-refractivity contribution >= 4 is 17.6 Å². The smallest absolute Gasteiger partial charge is 0.223 e. The fourth-order valence-corrected chi connectivity index (χ4v) is 1.39. The molecule has 0 fully saturated rings. The van der Waals surface area contributed by atoms with Crippen molar-refractivity contribution in [3.63, 3.8) is 0 Å². The van der Waals surface area contributed by atoms with E-state index in [0.717, 1.165) is 25.3 Å². The summed E-state index contributed by atoms with van der Waals surface area (Å²) < 4.78 is 0. The lowest BCUT2D eigenvalue weighted by molar-refractivity contribution is 0.777. The Morgan fingerprint density at radius 2 is 2.13 bits per heavy atom. The molecule has 0 saturated carbocycles. The minimum absolute atomic E-state index is 0.231. The Balaban J connectivity index is 2.95. The van der Waals surface area contributed by atoms with Gasteiger partial charge < -0.3 is 16.1 Å². The second-order valence-corrected chi connectivity index (χ2v) is 3.19. The van der Waals surface area contributed by atoms with Crippen LogP contribution >= 0.6 is 0 Å². The Morgan fingerprint density at radius 3 is 2.67 bits per heavy atom. The Bertz CT molecular complexity index is 313. The van der Waals surface area contributed by atoms with Gasteiger partial charge in [0.2, 0.25) is 5.95 Å². The molecule has 6 nitrogen and oxygen atoms in total. The molecule has 0 amide bonds. The van der Waals surface area contributed by atoms with Crippen molar-refractivity contribution in [1.29, 1.82) is 0 Å². The molecule has 0 radical (unpaired) electrons. The Labute approximate surface area is 89.7 Å². The molecule has 0 bridgehead atoms. The normalized spacial score (nSPS) is 10.1. The van der Waals surface area contributed by atoms with Crippen molar-refractivity contribution in [2.24, 2.45) is 5.84 Å². The van der Waals surface area contributed by atoms with Crippen LogP contribution in [0.25, 0.3) is 0 Å². The van der Waals surface area contributed by atoms with Gasteiger partial charge in [-0.2, -0.15) is 9.97 Å². The van der Waals surface area contributed by atoms with Crippen LogP contribution in [-0.2, 0) is 0 Å². The molecular weight excluding hydrogens is 192 g/mol. The molecule has 0 aromatic carbocycles. The van der Waals surface area contributed by atoms with Gasteiger partial charge in [0.25, 0.3) is 0 Å². The maximum absolute atomic E-state index is 5.58. The highest BCUT2D eigenvalue weighted by Crippen LogP contribution is 2.16. The van der Waals surface area contributed by atoms with Gasteiger partial charge in [-0.05, 0) is 13.3 Å². The van der Waals surface area contributed by atoms with Gasteiger partial charge in [-0.1, -0.05) is 6.92 Å². The van der Waals surface area contributed by atoms with Crippen LogP contribution in [0.3, 0.4) is 0 Å². The first kappa shape index (κ1) is 11.5. The third kappa shape index (κ3) is 2.95. The van der Waals surface area contributed by atoms with Gasteiger partial charge in [-0.3, -0.25) is 0 Å². The predicted octanol–water partition coefficient (Wildman–Crippen LogP) is 0.581. The van der Waals surface area contributed by atoms with E-state index in [-0.39, 0.29) is 5.95 Å². The Morgan fingerprint density at radius 1 is 1.40 bits per heavy atom. The van der Waals surface area contributed by atoms with E-state index in [9.17, 15) is 0 Å².